The number of nitrogens with one attached hydrogen (secondary N) is 3. The first kappa shape index (κ1) is 28.3. The molecule has 0 radical (unpaired) electrons. The van der Waals surface area contributed by atoms with Crippen LogP contribution in [0, 0.1) is 15.5 Å². The zero-order valence-corrected chi connectivity index (χ0v) is 21.4. The maximum atomic E-state index is 12.5. The van der Waals surface area contributed by atoms with E-state index in [0.29, 0.717) is 11.3 Å². The van der Waals surface area contributed by atoms with Crippen LogP contribution in [0.25, 0.3) is 6.08 Å². The number of nitro groups is 1. The van der Waals surface area contributed by atoms with E-state index in [4.69, 9.17) is 4.74 Å². The molecule has 0 atom stereocenters. The number of amides is 3. The van der Waals surface area contributed by atoms with Gasteiger partial charge in [0, 0.05) is 40.4 Å². The van der Waals surface area contributed by atoms with Crippen molar-refractivity contribution in [2.75, 3.05) is 5.32 Å². The number of esters is 1. The molecule has 0 heterocycles. The predicted octanol–water partition coefficient (Wildman–Crippen LogP) is 4.27. The van der Waals surface area contributed by atoms with Gasteiger partial charge in [0.1, 0.15) is 5.75 Å². The van der Waals surface area contributed by atoms with E-state index >= 15 is 0 Å². The second-order valence-electron chi connectivity index (χ2n) is 9.29. The number of hydrazine groups is 1. The van der Waals surface area contributed by atoms with E-state index in [-0.39, 0.29) is 28.5 Å². The van der Waals surface area contributed by atoms with Crippen molar-refractivity contribution in [1.82, 2.24) is 10.9 Å². The second-order valence-corrected chi connectivity index (χ2v) is 9.29. The Morgan fingerprint density at radius 1 is 0.846 bits per heavy atom. The molecule has 11 heteroatoms. The minimum Gasteiger partial charge on any atom is -0.422 e. The van der Waals surface area contributed by atoms with E-state index in [1.807, 2.05) is 0 Å². The van der Waals surface area contributed by atoms with Gasteiger partial charge in [-0.05, 0) is 48.5 Å². The van der Waals surface area contributed by atoms with Gasteiger partial charge in [0.05, 0.1) is 10.5 Å². The molecule has 0 spiro atoms. The largest absolute Gasteiger partial charge is 0.422 e. The van der Waals surface area contributed by atoms with E-state index in [0.717, 1.165) is 6.08 Å². The topological polar surface area (TPSA) is 157 Å². The number of hydrogen-bond donors (Lipinski definition) is 3. The number of nitro benzene ring substituents is 1. The summed E-state index contributed by atoms with van der Waals surface area (Å²) in [5.74, 6) is -1.95. The smallest absolute Gasteiger partial charge is 0.343 e. The average molecular weight is 531 g/mol. The highest BCUT2D eigenvalue weighted by Gasteiger charge is 2.21. The van der Waals surface area contributed by atoms with Crippen molar-refractivity contribution in [2.45, 2.75) is 20.8 Å². The molecular weight excluding hydrogens is 504 g/mol. The van der Waals surface area contributed by atoms with Gasteiger partial charge in [-0.3, -0.25) is 35.3 Å². The molecule has 3 aromatic rings. The minimum atomic E-state index is -0.730. The van der Waals surface area contributed by atoms with Crippen LogP contribution in [0.3, 0.4) is 0 Å². The number of para-hydroxylation sites is 1. The molecule has 3 amide bonds. The van der Waals surface area contributed by atoms with Gasteiger partial charge in [0.2, 0.25) is 5.91 Å². The highest BCUT2D eigenvalue weighted by atomic mass is 16.6. The molecule has 3 N–H and O–H groups in total. The molecule has 0 aromatic heterocycles. The lowest BCUT2D eigenvalue weighted by molar-refractivity contribution is -0.384. The first-order chi connectivity index (χ1) is 18.4. The third kappa shape index (κ3) is 8.09. The van der Waals surface area contributed by atoms with Crippen molar-refractivity contribution < 1.29 is 28.8 Å². The van der Waals surface area contributed by atoms with Crippen LogP contribution in [-0.2, 0) is 9.59 Å². The van der Waals surface area contributed by atoms with Gasteiger partial charge in [-0.15, -0.1) is 0 Å². The summed E-state index contributed by atoms with van der Waals surface area (Å²) < 4.78 is 5.38. The van der Waals surface area contributed by atoms with E-state index in [1.54, 1.807) is 51.1 Å². The third-order valence-corrected chi connectivity index (χ3v) is 5.24. The monoisotopic (exact) mass is 530 g/mol. The van der Waals surface area contributed by atoms with Crippen molar-refractivity contribution in [3.63, 3.8) is 0 Å². The number of ether oxygens (including phenoxy) is 1. The average Bonchev–Trinajstić information content (AvgIpc) is 2.91. The molecule has 0 aliphatic heterocycles. The Morgan fingerprint density at radius 2 is 1.46 bits per heavy atom. The number of non-ortho nitro benzene ring substituents is 1. The lowest BCUT2D eigenvalue weighted by Gasteiger charge is -2.17. The molecule has 0 bridgehead atoms. The molecule has 0 saturated heterocycles. The lowest BCUT2D eigenvalue weighted by Crippen LogP contribution is -2.40. The Balaban J connectivity index is 1.56. The number of benzene rings is 3. The summed E-state index contributed by atoms with van der Waals surface area (Å²) in [4.78, 5) is 59.3. The summed E-state index contributed by atoms with van der Waals surface area (Å²) in [5.41, 5.74) is 5.14. The highest BCUT2D eigenvalue weighted by molar-refractivity contribution is 5.99. The Hall–Kier alpha value is -5.32. The maximum Gasteiger partial charge on any atom is 0.343 e. The van der Waals surface area contributed by atoms with Crippen LogP contribution in [0.5, 0.6) is 5.75 Å². The Labute approximate surface area is 224 Å². The van der Waals surface area contributed by atoms with Crippen molar-refractivity contribution in [3.8, 4) is 5.75 Å². The molecular formula is C28H26N4O7. The van der Waals surface area contributed by atoms with Crippen LogP contribution in [-0.4, -0.2) is 28.6 Å². The van der Waals surface area contributed by atoms with Gasteiger partial charge in [-0.25, -0.2) is 4.79 Å². The Kier molecular flexibility index (Phi) is 8.90. The molecule has 0 unspecified atom stereocenters. The number of hydrogen-bond acceptors (Lipinski definition) is 7. The standard InChI is InChI=1S/C28H26N4O7/c1-28(2,3)27(36)29-21-13-8-19(9-14-21)25(34)31-30-24(33)17-12-18-6-4-5-7-23(18)39-26(35)20-10-15-22(16-11-20)32(37)38/h4-17H,1-3H3,(H,29,36)(H,30,33)(H,31,34)/b17-12+. The van der Waals surface area contributed by atoms with Crippen LogP contribution in [0.1, 0.15) is 47.1 Å². The summed E-state index contributed by atoms with van der Waals surface area (Å²) in [6.45, 7) is 5.36. The minimum absolute atomic E-state index is 0.115. The van der Waals surface area contributed by atoms with Crippen molar-refractivity contribution >= 4 is 41.1 Å². The first-order valence-electron chi connectivity index (χ1n) is 11.7. The molecule has 0 saturated carbocycles. The van der Waals surface area contributed by atoms with Crippen molar-refractivity contribution in [1.29, 1.82) is 0 Å². The number of rotatable bonds is 7. The van der Waals surface area contributed by atoms with Gasteiger partial charge in [0.15, 0.2) is 0 Å². The summed E-state index contributed by atoms with van der Waals surface area (Å²) in [6, 6.07) is 17.6. The summed E-state index contributed by atoms with van der Waals surface area (Å²) in [5, 5.41) is 13.5. The first-order valence-corrected chi connectivity index (χ1v) is 11.7. The van der Waals surface area contributed by atoms with Gasteiger partial charge >= 0.3 is 5.97 Å². The number of anilines is 1. The van der Waals surface area contributed by atoms with Gasteiger partial charge in [-0.1, -0.05) is 39.0 Å². The van der Waals surface area contributed by atoms with Gasteiger partial charge in [0.25, 0.3) is 17.5 Å². The number of carbonyl (C=O) groups is 4. The normalized spacial score (nSPS) is 10.9. The van der Waals surface area contributed by atoms with Crippen LogP contribution in [0.4, 0.5) is 11.4 Å². The fraction of sp³-hybridized carbons (Fsp3) is 0.143. The summed E-state index contributed by atoms with van der Waals surface area (Å²) in [6.07, 6.45) is 2.54. The molecule has 0 aliphatic carbocycles. The predicted molar refractivity (Wildman–Crippen MR) is 144 cm³/mol. The third-order valence-electron chi connectivity index (χ3n) is 5.24. The van der Waals surface area contributed by atoms with Gasteiger partial charge in [-0.2, -0.15) is 0 Å². The SMILES string of the molecule is CC(C)(C)C(=O)Nc1ccc(C(=O)NNC(=O)/C=C/c2ccccc2OC(=O)c2ccc([N+](=O)[O-])cc2)cc1. The molecule has 0 aliphatic rings. The maximum absolute atomic E-state index is 12.5. The molecule has 39 heavy (non-hydrogen) atoms. The van der Waals surface area contributed by atoms with Crippen molar-refractivity contribution in [2.24, 2.45) is 5.41 Å². The molecule has 0 fully saturated rings. The van der Waals surface area contributed by atoms with Crippen LogP contribution >= 0.6 is 0 Å². The second kappa shape index (κ2) is 12.3. The summed E-state index contributed by atoms with van der Waals surface area (Å²) in [7, 11) is 0. The van der Waals surface area contributed by atoms with E-state index in [9.17, 15) is 29.3 Å². The quantitative estimate of drug-likeness (QED) is 0.135. The van der Waals surface area contributed by atoms with E-state index in [2.05, 4.69) is 16.2 Å². The van der Waals surface area contributed by atoms with Crippen LogP contribution < -0.4 is 20.9 Å². The van der Waals surface area contributed by atoms with E-state index in [1.165, 1.54) is 48.5 Å². The van der Waals surface area contributed by atoms with Crippen LogP contribution in [0.15, 0.2) is 78.9 Å². The van der Waals surface area contributed by atoms with Gasteiger partial charge < -0.3 is 10.1 Å². The molecule has 11 nitrogen and oxygen atoms in total. The zero-order chi connectivity index (χ0) is 28.6. The molecule has 3 rings (SSSR count). The fourth-order valence-electron chi connectivity index (χ4n) is 3.01. The molecule has 200 valence electrons. The molecule has 3 aromatic carbocycles. The van der Waals surface area contributed by atoms with Crippen molar-refractivity contribution in [3.05, 3.63) is 106 Å². The summed E-state index contributed by atoms with van der Waals surface area (Å²) >= 11 is 0. The zero-order valence-electron chi connectivity index (χ0n) is 21.4. The van der Waals surface area contributed by atoms with Crippen LogP contribution in [0.2, 0.25) is 0 Å². The number of carbonyl (C=O) groups excluding carboxylic acids is 4. The lowest BCUT2D eigenvalue weighted by atomic mass is 9.95. The Bertz CT molecular complexity index is 1420. The highest BCUT2D eigenvalue weighted by Crippen LogP contribution is 2.22. The van der Waals surface area contributed by atoms with E-state index < -0.39 is 28.1 Å². The Morgan fingerprint density at radius 3 is 2.08 bits per heavy atom. The fourth-order valence-corrected chi connectivity index (χ4v) is 3.01. The number of nitrogens with zero attached hydrogens (tertiary/aromatic N) is 1.